The van der Waals surface area contributed by atoms with Gasteiger partial charge in [0, 0.05) is 0 Å². The van der Waals surface area contributed by atoms with Crippen molar-refractivity contribution in [3.05, 3.63) is 0 Å². The summed E-state index contributed by atoms with van der Waals surface area (Å²) < 4.78 is 5.33. The third kappa shape index (κ3) is 6.33. The molecule has 0 radical (unpaired) electrons. The highest BCUT2D eigenvalue weighted by Gasteiger charge is 2.36. The zero-order valence-electron chi connectivity index (χ0n) is 11.3. The number of carbonyl (C=O) groups excluding carboxylic acids is 1. The van der Waals surface area contributed by atoms with Gasteiger partial charge in [-0.25, -0.2) is 0 Å². The molecule has 0 unspecified atom stereocenters. The van der Waals surface area contributed by atoms with Crippen LogP contribution in [0.4, 0.5) is 0 Å². The maximum Gasteiger partial charge on any atom is 0.326 e. The van der Waals surface area contributed by atoms with Gasteiger partial charge in [0.25, 0.3) is 0 Å². The summed E-state index contributed by atoms with van der Waals surface area (Å²) in [5, 5.41) is 0. The molecule has 0 saturated heterocycles. The fourth-order valence-corrected chi connectivity index (χ4v) is 1.48. The first-order valence-electron chi connectivity index (χ1n) is 5.63. The van der Waals surface area contributed by atoms with Crippen molar-refractivity contribution in [3.8, 4) is 0 Å². The van der Waals surface area contributed by atoms with Crippen LogP contribution in [0.15, 0.2) is 0 Å². The molecule has 1 atom stereocenters. The molecule has 2 N–H and O–H groups in total. The summed E-state index contributed by atoms with van der Waals surface area (Å²) in [5.74, 6) is 0.105. The topological polar surface area (TPSA) is 52.3 Å². The minimum absolute atomic E-state index is 0. The second-order valence-corrected chi connectivity index (χ2v) is 5.61. The Labute approximate surface area is 106 Å². The molecule has 0 bridgehead atoms. The number of ether oxygens (including phenoxy) is 1. The Morgan fingerprint density at radius 3 is 2.00 bits per heavy atom. The maximum atomic E-state index is 11.9. The molecule has 0 saturated carbocycles. The predicted octanol–water partition coefficient (Wildman–Crippen LogP) is 2.90. The first kappa shape index (κ1) is 18.1. The molecule has 0 heterocycles. The molecule has 0 aromatic rings. The lowest BCUT2D eigenvalue weighted by Gasteiger charge is -2.31. The summed E-state index contributed by atoms with van der Waals surface area (Å²) in [6.07, 6.45) is 1.28. The van der Waals surface area contributed by atoms with Crippen molar-refractivity contribution in [2.24, 2.45) is 11.7 Å². The Hall–Kier alpha value is -0.280. The van der Waals surface area contributed by atoms with Crippen LogP contribution < -0.4 is 5.73 Å². The van der Waals surface area contributed by atoms with E-state index in [-0.39, 0.29) is 18.4 Å². The van der Waals surface area contributed by atoms with Crippen LogP contribution in [-0.2, 0) is 9.53 Å². The van der Waals surface area contributed by atoms with Gasteiger partial charge in [0.2, 0.25) is 0 Å². The van der Waals surface area contributed by atoms with Gasteiger partial charge in [-0.05, 0) is 39.5 Å². The van der Waals surface area contributed by atoms with Crippen LogP contribution in [0, 0.1) is 5.92 Å². The lowest BCUT2D eigenvalue weighted by molar-refractivity contribution is -0.162. The SMILES string of the molecule is CC[C@@](N)(CC(C)C)C(=O)OC(C)(C)C.Cl. The van der Waals surface area contributed by atoms with Gasteiger partial charge < -0.3 is 10.5 Å². The average molecular weight is 252 g/mol. The van der Waals surface area contributed by atoms with Gasteiger partial charge in [0.1, 0.15) is 11.1 Å². The van der Waals surface area contributed by atoms with Gasteiger partial charge in [-0.3, -0.25) is 4.79 Å². The smallest absolute Gasteiger partial charge is 0.326 e. The third-order valence-electron chi connectivity index (χ3n) is 2.21. The summed E-state index contributed by atoms with van der Waals surface area (Å²) in [6.45, 7) is 11.6. The van der Waals surface area contributed by atoms with Gasteiger partial charge in [-0.15, -0.1) is 12.4 Å². The molecule has 0 amide bonds. The Kier molecular flexibility index (Phi) is 7.30. The molecule has 16 heavy (non-hydrogen) atoms. The number of halogens is 1. The van der Waals surface area contributed by atoms with E-state index in [1.165, 1.54) is 0 Å². The molecule has 0 rings (SSSR count). The first-order chi connectivity index (χ1) is 6.60. The van der Waals surface area contributed by atoms with Crippen LogP contribution in [0.3, 0.4) is 0 Å². The van der Waals surface area contributed by atoms with E-state index in [9.17, 15) is 4.79 Å². The fourth-order valence-electron chi connectivity index (χ4n) is 1.48. The Bertz CT molecular complexity index is 224. The molecular formula is C12H26ClNO2. The zero-order valence-corrected chi connectivity index (χ0v) is 12.1. The van der Waals surface area contributed by atoms with Crippen LogP contribution in [-0.4, -0.2) is 17.1 Å². The van der Waals surface area contributed by atoms with Crippen molar-refractivity contribution < 1.29 is 9.53 Å². The molecule has 0 aromatic carbocycles. The average Bonchev–Trinajstić information content (AvgIpc) is 1.99. The van der Waals surface area contributed by atoms with Gasteiger partial charge in [0.15, 0.2) is 0 Å². The third-order valence-corrected chi connectivity index (χ3v) is 2.21. The molecule has 0 aliphatic heterocycles. The minimum Gasteiger partial charge on any atom is -0.459 e. The van der Waals surface area contributed by atoms with Crippen molar-refractivity contribution in [1.82, 2.24) is 0 Å². The number of hydrogen-bond donors (Lipinski definition) is 1. The monoisotopic (exact) mass is 251 g/mol. The number of esters is 1. The molecule has 0 fully saturated rings. The van der Waals surface area contributed by atoms with Crippen LogP contribution in [0.5, 0.6) is 0 Å². The Balaban J connectivity index is 0. The van der Waals surface area contributed by atoms with Crippen LogP contribution in [0.2, 0.25) is 0 Å². The van der Waals surface area contributed by atoms with E-state index in [1.54, 1.807) is 0 Å². The molecule has 4 heteroatoms. The molecule has 0 aliphatic carbocycles. The summed E-state index contributed by atoms with van der Waals surface area (Å²) in [7, 11) is 0. The van der Waals surface area contributed by atoms with Crippen molar-refractivity contribution in [1.29, 1.82) is 0 Å². The van der Waals surface area contributed by atoms with E-state index in [0.717, 1.165) is 0 Å². The van der Waals surface area contributed by atoms with E-state index in [1.807, 2.05) is 27.7 Å². The zero-order chi connectivity index (χ0) is 12.3. The summed E-state index contributed by atoms with van der Waals surface area (Å²) in [5.41, 5.74) is 4.78. The lowest BCUT2D eigenvalue weighted by Crippen LogP contribution is -2.51. The largest absolute Gasteiger partial charge is 0.459 e. The van der Waals surface area contributed by atoms with Gasteiger partial charge in [0.05, 0.1) is 0 Å². The highest BCUT2D eigenvalue weighted by Crippen LogP contribution is 2.22. The molecule has 0 spiro atoms. The number of rotatable bonds is 4. The second-order valence-electron chi connectivity index (χ2n) is 5.61. The fraction of sp³-hybridized carbons (Fsp3) is 0.917. The van der Waals surface area contributed by atoms with E-state index < -0.39 is 11.1 Å². The molecule has 3 nitrogen and oxygen atoms in total. The van der Waals surface area contributed by atoms with Crippen molar-refractivity contribution in [2.45, 2.75) is 65.5 Å². The quantitative estimate of drug-likeness (QED) is 0.782. The van der Waals surface area contributed by atoms with Crippen molar-refractivity contribution >= 4 is 18.4 Å². The highest BCUT2D eigenvalue weighted by atomic mass is 35.5. The maximum absolute atomic E-state index is 11.9. The predicted molar refractivity (Wildman–Crippen MR) is 69.8 cm³/mol. The molecular weight excluding hydrogens is 226 g/mol. The summed E-state index contributed by atoms with van der Waals surface area (Å²) in [4.78, 5) is 11.9. The minimum atomic E-state index is -0.832. The molecule has 0 aromatic heterocycles. The Morgan fingerprint density at radius 2 is 1.75 bits per heavy atom. The standard InChI is InChI=1S/C12H25NO2.ClH/c1-7-12(13,8-9(2)3)10(14)15-11(4,5)6;/h9H,7-8,13H2,1-6H3;1H/t12-;/m1./s1. The van der Waals surface area contributed by atoms with Crippen LogP contribution in [0.1, 0.15) is 54.4 Å². The van der Waals surface area contributed by atoms with Crippen LogP contribution in [0.25, 0.3) is 0 Å². The van der Waals surface area contributed by atoms with Crippen molar-refractivity contribution in [2.75, 3.05) is 0 Å². The molecule has 98 valence electrons. The molecule has 0 aliphatic rings. The first-order valence-corrected chi connectivity index (χ1v) is 5.63. The Morgan fingerprint density at radius 1 is 1.31 bits per heavy atom. The van der Waals surface area contributed by atoms with E-state index in [4.69, 9.17) is 10.5 Å². The lowest BCUT2D eigenvalue weighted by atomic mass is 9.87. The van der Waals surface area contributed by atoms with Gasteiger partial charge >= 0.3 is 5.97 Å². The van der Waals surface area contributed by atoms with Gasteiger partial charge in [-0.2, -0.15) is 0 Å². The number of carbonyl (C=O) groups is 1. The summed E-state index contributed by atoms with van der Waals surface area (Å²) >= 11 is 0. The van der Waals surface area contributed by atoms with E-state index in [0.29, 0.717) is 18.8 Å². The van der Waals surface area contributed by atoms with Crippen LogP contribution >= 0.6 is 12.4 Å². The van der Waals surface area contributed by atoms with Gasteiger partial charge in [-0.1, -0.05) is 20.8 Å². The highest BCUT2D eigenvalue weighted by molar-refractivity contribution is 5.85. The second kappa shape index (κ2) is 6.45. The normalized spacial score (nSPS) is 15.2. The number of nitrogens with two attached hydrogens (primary N) is 1. The van der Waals surface area contributed by atoms with Crippen molar-refractivity contribution in [3.63, 3.8) is 0 Å². The number of hydrogen-bond acceptors (Lipinski definition) is 3. The van der Waals surface area contributed by atoms with E-state index >= 15 is 0 Å². The van der Waals surface area contributed by atoms with E-state index in [2.05, 4.69) is 13.8 Å². The summed E-state index contributed by atoms with van der Waals surface area (Å²) in [6, 6.07) is 0.